The van der Waals surface area contributed by atoms with Gasteiger partial charge in [0.2, 0.25) is 0 Å². The lowest BCUT2D eigenvalue weighted by atomic mass is 10.1. The number of carboxylic acids is 1. The number of carbonyl (C=O) groups is 2. The van der Waals surface area contributed by atoms with Gasteiger partial charge in [-0.1, -0.05) is 117 Å². The van der Waals surface area contributed by atoms with Crippen LogP contribution in [0.4, 0.5) is 0 Å². The fourth-order valence-electron chi connectivity index (χ4n) is 3.78. The summed E-state index contributed by atoms with van der Waals surface area (Å²) in [6, 6.07) is -0.842. The van der Waals surface area contributed by atoms with E-state index in [1.807, 2.05) is 0 Å². The third-order valence-corrected chi connectivity index (χ3v) is 5.85. The molecule has 0 aliphatic rings. The third kappa shape index (κ3) is 21.9. The standard InChI is InChI=1S/C26H51NO4/c1-3-5-7-9-11-12-13-14-15-16-18-20-22-31-25(28)23-24(26(29)30)27-21-19-17-10-8-6-4-2/h24,27H,3-23H2,1-2H3,(H,29,30). The van der Waals surface area contributed by atoms with Crippen LogP contribution < -0.4 is 5.32 Å². The number of unbranched alkanes of at least 4 members (excludes halogenated alkanes) is 16. The molecular weight excluding hydrogens is 390 g/mol. The molecule has 0 radical (unpaired) electrons. The Morgan fingerprint density at radius 1 is 0.677 bits per heavy atom. The number of nitrogens with one attached hydrogen (secondary N) is 1. The summed E-state index contributed by atoms with van der Waals surface area (Å²) in [5, 5.41) is 12.3. The fourth-order valence-corrected chi connectivity index (χ4v) is 3.78. The molecule has 5 nitrogen and oxygen atoms in total. The number of esters is 1. The van der Waals surface area contributed by atoms with Gasteiger partial charge in [-0.05, 0) is 19.4 Å². The minimum Gasteiger partial charge on any atom is -0.480 e. The average molecular weight is 442 g/mol. The van der Waals surface area contributed by atoms with Crippen molar-refractivity contribution >= 4 is 11.9 Å². The molecule has 31 heavy (non-hydrogen) atoms. The molecule has 0 aliphatic heterocycles. The highest BCUT2D eigenvalue weighted by Crippen LogP contribution is 2.12. The van der Waals surface area contributed by atoms with Crippen LogP contribution in [-0.4, -0.2) is 36.2 Å². The predicted molar refractivity (Wildman–Crippen MR) is 129 cm³/mol. The van der Waals surface area contributed by atoms with Crippen LogP contribution in [0.1, 0.15) is 136 Å². The third-order valence-electron chi connectivity index (χ3n) is 5.85. The highest BCUT2D eigenvalue weighted by atomic mass is 16.5. The van der Waals surface area contributed by atoms with Crippen molar-refractivity contribution in [1.82, 2.24) is 5.32 Å². The van der Waals surface area contributed by atoms with Crippen LogP contribution >= 0.6 is 0 Å². The number of carbonyl (C=O) groups excluding carboxylic acids is 1. The normalized spacial score (nSPS) is 12.1. The van der Waals surface area contributed by atoms with Gasteiger partial charge in [0, 0.05) is 0 Å². The monoisotopic (exact) mass is 441 g/mol. The minimum atomic E-state index is -0.978. The Balaban J connectivity index is 3.56. The molecule has 0 bridgehead atoms. The number of hydrogen-bond donors (Lipinski definition) is 2. The maximum absolute atomic E-state index is 11.9. The zero-order valence-electron chi connectivity index (χ0n) is 20.6. The Morgan fingerprint density at radius 2 is 1.10 bits per heavy atom. The zero-order valence-corrected chi connectivity index (χ0v) is 20.6. The smallest absolute Gasteiger partial charge is 0.321 e. The van der Waals surface area contributed by atoms with Crippen molar-refractivity contribution in [1.29, 1.82) is 0 Å². The lowest BCUT2D eigenvalue weighted by molar-refractivity contribution is -0.149. The van der Waals surface area contributed by atoms with Crippen molar-refractivity contribution in [2.75, 3.05) is 13.2 Å². The summed E-state index contributed by atoms with van der Waals surface area (Å²) in [4.78, 5) is 23.3. The Morgan fingerprint density at radius 3 is 1.55 bits per heavy atom. The second-order valence-corrected chi connectivity index (χ2v) is 8.93. The Hall–Kier alpha value is -1.10. The lowest BCUT2D eigenvalue weighted by Crippen LogP contribution is -2.39. The van der Waals surface area contributed by atoms with Gasteiger partial charge in [0.05, 0.1) is 13.0 Å². The number of aliphatic carboxylic acids is 1. The van der Waals surface area contributed by atoms with E-state index in [-0.39, 0.29) is 6.42 Å². The van der Waals surface area contributed by atoms with E-state index in [1.54, 1.807) is 0 Å². The molecule has 0 rings (SSSR count). The quantitative estimate of drug-likeness (QED) is 0.124. The number of rotatable bonds is 24. The molecule has 0 aromatic carbocycles. The molecule has 0 fully saturated rings. The molecular formula is C26H51NO4. The molecule has 0 aromatic heterocycles. The lowest BCUT2D eigenvalue weighted by Gasteiger charge is -2.14. The summed E-state index contributed by atoms with van der Waals surface area (Å²) in [6.45, 7) is 5.48. The highest BCUT2D eigenvalue weighted by Gasteiger charge is 2.21. The summed E-state index contributed by atoms with van der Waals surface area (Å²) in [5.41, 5.74) is 0. The van der Waals surface area contributed by atoms with Crippen molar-refractivity contribution < 1.29 is 19.4 Å². The van der Waals surface area contributed by atoms with E-state index >= 15 is 0 Å². The van der Waals surface area contributed by atoms with Crippen LogP contribution in [0.5, 0.6) is 0 Å². The van der Waals surface area contributed by atoms with Gasteiger partial charge in [0.25, 0.3) is 0 Å². The van der Waals surface area contributed by atoms with Gasteiger partial charge in [0.1, 0.15) is 6.04 Å². The summed E-state index contributed by atoms with van der Waals surface area (Å²) >= 11 is 0. The van der Waals surface area contributed by atoms with E-state index in [9.17, 15) is 14.7 Å². The van der Waals surface area contributed by atoms with E-state index in [4.69, 9.17) is 4.74 Å². The molecule has 0 aromatic rings. The van der Waals surface area contributed by atoms with Gasteiger partial charge in [-0.3, -0.25) is 9.59 Å². The maximum Gasteiger partial charge on any atom is 0.321 e. The van der Waals surface area contributed by atoms with Crippen molar-refractivity contribution in [2.24, 2.45) is 0 Å². The first-order chi connectivity index (χ1) is 15.1. The molecule has 5 heteroatoms. The van der Waals surface area contributed by atoms with Gasteiger partial charge < -0.3 is 15.2 Å². The van der Waals surface area contributed by atoms with Crippen molar-refractivity contribution in [3.8, 4) is 0 Å². The molecule has 0 saturated carbocycles. The summed E-state index contributed by atoms with van der Waals surface area (Å²) in [7, 11) is 0. The van der Waals surface area contributed by atoms with E-state index < -0.39 is 18.0 Å². The van der Waals surface area contributed by atoms with Gasteiger partial charge in [-0.2, -0.15) is 0 Å². The molecule has 0 spiro atoms. The molecule has 0 saturated heterocycles. The van der Waals surface area contributed by atoms with E-state index in [0.717, 1.165) is 25.7 Å². The molecule has 2 N–H and O–H groups in total. The molecule has 0 aliphatic carbocycles. The van der Waals surface area contributed by atoms with E-state index in [0.29, 0.717) is 13.2 Å². The number of hydrogen-bond acceptors (Lipinski definition) is 4. The van der Waals surface area contributed by atoms with Crippen molar-refractivity contribution in [3.63, 3.8) is 0 Å². The van der Waals surface area contributed by atoms with E-state index in [1.165, 1.54) is 89.9 Å². The van der Waals surface area contributed by atoms with Gasteiger partial charge in [-0.25, -0.2) is 0 Å². The summed E-state index contributed by atoms with van der Waals surface area (Å²) in [6.07, 6.45) is 22.1. The van der Waals surface area contributed by atoms with Crippen molar-refractivity contribution in [2.45, 2.75) is 142 Å². The molecule has 184 valence electrons. The zero-order chi connectivity index (χ0) is 23.0. The van der Waals surface area contributed by atoms with Crippen LogP contribution in [0.2, 0.25) is 0 Å². The fraction of sp³-hybridized carbons (Fsp3) is 0.923. The van der Waals surface area contributed by atoms with Crippen LogP contribution in [0.15, 0.2) is 0 Å². The first-order valence-electron chi connectivity index (χ1n) is 13.2. The average Bonchev–Trinajstić information content (AvgIpc) is 2.75. The van der Waals surface area contributed by atoms with Gasteiger partial charge in [0.15, 0.2) is 0 Å². The molecule has 0 heterocycles. The largest absolute Gasteiger partial charge is 0.480 e. The predicted octanol–water partition coefficient (Wildman–Crippen LogP) is 7.02. The minimum absolute atomic E-state index is 0.0938. The molecule has 1 unspecified atom stereocenters. The summed E-state index contributed by atoms with van der Waals surface area (Å²) < 4.78 is 5.24. The van der Waals surface area contributed by atoms with Gasteiger partial charge in [-0.15, -0.1) is 0 Å². The van der Waals surface area contributed by atoms with Crippen LogP contribution in [0.25, 0.3) is 0 Å². The molecule has 0 amide bonds. The number of ether oxygens (including phenoxy) is 1. The van der Waals surface area contributed by atoms with Crippen LogP contribution in [0.3, 0.4) is 0 Å². The molecule has 1 atom stereocenters. The van der Waals surface area contributed by atoms with Crippen LogP contribution in [-0.2, 0) is 14.3 Å². The maximum atomic E-state index is 11.9. The van der Waals surface area contributed by atoms with Crippen molar-refractivity contribution in [3.05, 3.63) is 0 Å². The Bertz CT molecular complexity index is 414. The Kier molecular flexibility index (Phi) is 22.7. The first kappa shape index (κ1) is 29.9. The first-order valence-corrected chi connectivity index (χ1v) is 13.2. The number of carboxylic acid groups (broad SMARTS) is 1. The highest BCUT2D eigenvalue weighted by molar-refractivity contribution is 5.81. The van der Waals surface area contributed by atoms with Crippen LogP contribution in [0, 0.1) is 0 Å². The van der Waals surface area contributed by atoms with E-state index in [2.05, 4.69) is 19.2 Å². The van der Waals surface area contributed by atoms with Gasteiger partial charge >= 0.3 is 11.9 Å². The summed E-state index contributed by atoms with van der Waals surface area (Å²) in [5.74, 6) is -1.39. The Labute approximate surface area is 192 Å². The SMILES string of the molecule is CCCCCCCCCCCCCCOC(=O)CC(NCCCCCCCC)C(=O)O. The topological polar surface area (TPSA) is 75.6 Å². The second-order valence-electron chi connectivity index (χ2n) is 8.93. The second kappa shape index (κ2) is 23.6.